The monoisotopic (exact) mass is 526 g/mol. The first-order chi connectivity index (χ1) is 17.2. The maximum Gasteiger partial charge on any atom is 0.187 e. The first kappa shape index (κ1) is 29.7. The molecule has 14 heteroatoms. The lowest BCUT2D eigenvalue weighted by molar-refractivity contribution is -0.346. The highest BCUT2D eigenvalue weighted by Crippen LogP contribution is 2.31. The Bertz CT molecular complexity index is 667. The summed E-state index contributed by atoms with van der Waals surface area (Å²) in [6.07, 6.45) is -13.6. The molecule has 0 spiro atoms. The molecule has 210 valence electrons. The smallest absolute Gasteiger partial charge is 0.187 e. The Morgan fingerprint density at radius 2 is 1.47 bits per heavy atom. The maximum absolute atomic E-state index is 11.3. The van der Waals surface area contributed by atoms with Crippen molar-refractivity contribution < 1.29 is 69.0 Å². The zero-order chi connectivity index (χ0) is 26.4. The van der Waals surface area contributed by atoms with Crippen LogP contribution >= 0.6 is 0 Å². The highest BCUT2D eigenvalue weighted by molar-refractivity contribution is 5.54. The van der Waals surface area contributed by atoms with Crippen LogP contribution < -0.4 is 0 Å². The normalized spacial score (nSPS) is 45.9. The van der Waals surface area contributed by atoms with Gasteiger partial charge in [0.2, 0.25) is 0 Å². The number of aldehydes is 1. The van der Waals surface area contributed by atoms with Crippen molar-refractivity contribution in [1.29, 1.82) is 0 Å². The van der Waals surface area contributed by atoms with E-state index in [-0.39, 0.29) is 32.7 Å². The first-order valence-corrected chi connectivity index (χ1v) is 12.2. The topological polar surface area (TPSA) is 214 Å². The maximum atomic E-state index is 11.3. The van der Waals surface area contributed by atoms with Crippen molar-refractivity contribution in [1.82, 2.24) is 0 Å². The molecule has 7 N–H and O–H groups in total. The number of rotatable bonds is 11. The van der Waals surface area contributed by atoms with Gasteiger partial charge in [-0.3, -0.25) is 0 Å². The molecule has 36 heavy (non-hydrogen) atoms. The van der Waals surface area contributed by atoms with E-state index in [1.54, 1.807) is 0 Å². The summed E-state index contributed by atoms with van der Waals surface area (Å²) in [5.74, 6) is -0.780. The predicted octanol–water partition coefficient (Wildman–Crippen LogP) is -3.63. The van der Waals surface area contributed by atoms with Gasteiger partial charge in [-0.05, 0) is 12.8 Å². The van der Waals surface area contributed by atoms with E-state index in [0.29, 0.717) is 12.7 Å². The molecular formula is C22H38O14. The van der Waals surface area contributed by atoms with Crippen molar-refractivity contribution in [3.63, 3.8) is 0 Å². The van der Waals surface area contributed by atoms with Gasteiger partial charge in [-0.25, -0.2) is 0 Å². The van der Waals surface area contributed by atoms with Crippen LogP contribution in [0.1, 0.15) is 26.2 Å². The number of hydrogen-bond donors (Lipinski definition) is 7. The minimum atomic E-state index is -1.66. The molecule has 0 aromatic rings. The molecule has 3 aliphatic rings. The summed E-state index contributed by atoms with van der Waals surface area (Å²) < 4.78 is 33.7. The summed E-state index contributed by atoms with van der Waals surface area (Å²) in [6, 6.07) is 0. The minimum absolute atomic E-state index is 0.00548. The molecule has 3 rings (SSSR count). The summed E-state index contributed by atoms with van der Waals surface area (Å²) in [6.45, 7) is 0.955. The van der Waals surface area contributed by atoms with E-state index < -0.39 is 86.3 Å². The molecule has 3 saturated heterocycles. The number of ether oxygens (including phenoxy) is 6. The molecule has 0 unspecified atom stereocenters. The molecule has 3 heterocycles. The average Bonchev–Trinajstić information content (AvgIpc) is 2.88. The predicted molar refractivity (Wildman–Crippen MR) is 116 cm³/mol. The second kappa shape index (κ2) is 13.8. The quantitative estimate of drug-likeness (QED) is 0.129. The van der Waals surface area contributed by atoms with Crippen LogP contribution in [0.2, 0.25) is 0 Å². The van der Waals surface area contributed by atoms with Gasteiger partial charge < -0.3 is 69.0 Å². The van der Waals surface area contributed by atoms with Crippen LogP contribution in [0.25, 0.3) is 0 Å². The lowest BCUT2D eigenvalue weighted by atomic mass is 9.93. The van der Waals surface area contributed by atoms with E-state index in [1.165, 1.54) is 0 Å². The molecule has 13 atom stereocenters. The second-order valence-corrected chi connectivity index (χ2v) is 9.26. The van der Waals surface area contributed by atoms with Crippen LogP contribution in [0.5, 0.6) is 0 Å². The van der Waals surface area contributed by atoms with Gasteiger partial charge in [-0.1, -0.05) is 6.92 Å². The van der Waals surface area contributed by atoms with Gasteiger partial charge in [0.25, 0.3) is 0 Å². The highest BCUT2D eigenvalue weighted by atomic mass is 16.7. The fourth-order valence-corrected chi connectivity index (χ4v) is 4.43. The van der Waals surface area contributed by atoms with Gasteiger partial charge in [0.15, 0.2) is 18.9 Å². The van der Waals surface area contributed by atoms with Crippen LogP contribution in [0.4, 0.5) is 0 Å². The van der Waals surface area contributed by atoms with Gasteiger partial charge in [0.1, 0.15) is 42.9 Å². The van der Waals surface area contributed by atoms with Crippen LogP contribution in [0.15, 0.2) is 0 Å². The summed E-state index contributed by atoms with van der Waals surface area (Å²) in [4.78, 5) is 11.3. The molecule has 0 saturated carbocycles. The molecule has 0 aromatic heterocycles. The molecular weight excluding hydrogens is 488 g/mol. The molecule has 3 aliphatic heterocycles. The van der Waals surface area contributed by atoms with Crippen LogP contribution in [-0.4, -0.2) is 142 Å². The van der Waals surface area contributed by atoms with Crippen LogP contribution in [0, 0.1) is 5.92 Å². The number of carbonyl (C=O) groups excluding carboxylic acids is 1. The van der Waals surface area contributed by atoms with Crippen molar-refractivity contribution in [3.8, 4) is 0 Å². The number of aliphatic hydroxyl groups is 7. The molecule has 0 amide bonds. The van der Waals surface area contributed by atoms with E-state index in [1.807, 2.05) is 6.92 Å². The Kier molecular flexibility index (Phi) is 11.4. The van der Waals surface area contributed by atoms with Crippen LogP contribution in [-0.2, 0) is 33.2 Å². The zero-order valence-electron chi connectivity index (χ0n) is 20.0. The number of hydrogen-bond acceptors (Lipinski definition) is 14. The summed E-state index contributed by atoms with van der Waals surface area (Å²) in [5.41, 5.74) is 0. The van der Waals surface area contributed by atoms with Gasteiger partial charge in [0.05, 0.1) is 38.1 Å². The standard InChI is InChI=1S/C22H38O14/c1-2-3-31-21-17(28)13(35-22-19(30)18(29)16(27)14(8-25)36-22)5-12(34-21)9-32-20-15(26)10(6-23)4-11(7-24)33-20/h6,10-22,24-30H,2-5,7-9H2,1H3/t10-,11+,12+,13+,14-,15+,16-,17+,18+,19+,20+,21+,22+/m1/s1. The number of aliphatic hydroxyl groups excluding tert-OH is 7. The van der Waals surface area contributed by atoms with Crippen molar-refractivity contribution in [2.24, 2.45) is 5.92 Å². The SMILES string of the molecule is CCCO[C@H]1O[C@H](CO[C@H]2O[C@H](CO)C[C@H](C=O)[C@@H]2O)C[C@H](O[C@H]2O[C@H](CO)[C@@H](O)[C@H](O)[C@@H]2O)[C@@H]1O. The fraction of sp³-hybridized carbons (Fsp3) is 0.955. The van der Waals surface area contributed by atoms with Crippen molar-refractivity contribution in [2.45, 2.75) is 100.0 Å². The first-order valence-electron chi connectivity index (χ1n) is 12.2. The molecule has 0 aliphatic carbocycles. The average molecular weight is 527 g/mol. The Morgan fingerprint density at radius 3 is 2.11 bits per heavy atom. The number of carbonyl (C=O) groups is 1. The second-order valence-electron chi connectivity index (χ2n) is 9.26. The van der Waals surface area contributed by atoms with Crippen molar-refractivity contribution >= 4 is 6.29 Å². The molecule has 0 aromatic carbocycles. The van der Waals surface area contributed by atoms with E-state index in [0.717, 1.165) is 0 Å². The Labute approximate surface area is 208 Å². The highest BCUT2D eigenvalue weighted by Gasteiger charge is 2.48. The van der Waals surface area contributed by atoms with E-state index >= 15 is 0 Å². The molecule has 14 nitrogen and oxygen atoms in total. The molecule has 3 fully saturated rings. The zero-order valence-corrected chi connectivity index (χ0v) is 20.0. The van der Waals surface area contributed by atoms with Gasteiger partial charge in [0, 0.05) is 18.9 Å². The van der Waals surface area contributed by atoms with E-state index in [9.17, 15) is 40.5 Å². The van der Waals surface area contributed by atoms with Gasteiger partial charge in [-0.15, -0.1) is 0 Å². The van der Waals surface area contributed by atoms with Crippen molar-refractivity contribution in [2.75, 3.05) is 26.4 Å². The summed E-state index contributed by atoms with van der Waals surface area (Å²) in [7, 11) is 0. The molecule has 0 radical (unpaired) electrons. The lowest BCUT2D eigenvalue weighted by Crippen LogP contribution is -2.61. The fourth-order valence-electron chi connectivity index (χ4n) is 4.43. The third-order valence-corrected chi connectivity index (χ3v) is 6.53. The van der Waals surface area contributed by atoms with Gasteiger partial charge >= 0.3 is 0 Å². The Balaban J connectivity index is 1.67. The summed E-state index contributed by atoms with van der Waals surface area (Å²) in [5, 5.41) is 70.3. The van der Waals surface area contributed by atoms with E-state index in [2.05, 4.69) is 0 Å². The van der Waals surface area contributed by atoms with E-state index in [4.69, 9.17) is 28.4 Å². The lowest BCUT2D eigenvalue weighted by Gasteiger charge is -2.44. The minimum Gasteiger partial charge on any atom is -0.394 e. The van der Waals surface area contributed by atoms with Gasteiger partial charge in [-0.2, -0.15) is 0 Å². The summed E-state index contributed by atoms with van der Waals surface area (Å²) >= 11 is 0. The third-order valence-electron chi connectivity index (χ3n) is 6.53. The van der Waals surface area contributed by atoms with Crippen LogP contribution in [0.3, 0.4) is 0 Å². The van der Waals surface area contributed by atoms with Crippen molar-refractivity contribution in [3.05, 3.63) is 0 Å². The Hall–Kier alpha value is -0.850. The third kappa shape index (κ3) is 6.96. The largest absolute Gasteiger partial charge is 0.394 e. The molecule has 0 bridgehead atoms. The Morgan fingerprint density at radius 1 is 0.778 bits per heavy atom.